The molecule has 0 radical (unpaired) electrons. The molecule has 0 saturated heterocycles. The minimum atomic E-state index is -4.78. The smallest absolute Gasteiger partial charge is 0.406 e. The van der Waals surface area contributed by atoms with Crippen LogP contribution < -0.4 is 10.1 Å². The van der Waals surface area contributed by atoms with E-state index in [2.05, 4.69) is 24.6 Å². The summed E-state index contributed by atoms with van der Waals surface area (Å²) in [6.07, 6.45) is 3.09. The van der Waals surface area contributed by atoms with Gasteiger partial charge in [-0.15, -0.1) is 13.2 Å². The maximum Gasteiger partial charge on any atom is 0.573 e. The quantitative estimate of drug-likeness (QED) is 0.523. The van der Waals surface area contributed by atoms with Crippen LogP contribution in [0.4, 0.5) is 13.2 Å². The fourth-order valence-corrected chi connectivity index (χ4v) is 4.57. The second-order valence-electron chi connectivity index (χ2n) is 8.64. The van der Waals surface area contributed by atoms with Crippen LogP contribution in [0.5, 0.6) is 5.75 Å². The normalized spacial score (nSPS) is 18.8. The predicted molar refractivity (Wildman–Crippen MR) is 118 cm³/mol. The number of ether oxygens (including phenoxy) is 1. The Morgan fingerprint density at radius 1 is 1.24 bits per heavy atom. The van der Waals surface area contributed by atoms with Crippen LogP contribution in [0.2, 0.25) is 0 Å². The van der Waals surface area contributed by atoms with Crippen molar-refractivity contribution in [2.24, 2.45) is 13.0 Å². The van der Waals surface area contributed by atoms with Gasteiger partial charge >= 0.3 is 6.36 Å². The van der Waals surface area contributed by atoms with Crippen molar-refractivity contribution >= 4 is 5.91 Å². The van der Waals surface area contributed by atoms with Crippen molar-refractivity contribution in [3.05, 3.63) is 59.8 Å². The van der Waals surface area contributed by atoms with E-state index >= 15 is 0 Å². The lowest BCUT2D eigenvalue weighted by Crippen LogP contribution is -2.31. The zero-order valence-corrected chi connectivity index (χ0v) is 18.6. The molecule has 6 nitrogen and oxygen atoms in total. The molecule has 4 rings (SSSR count). The van der Waals surface area contributed by atoms with Gasteiger partial charge in [-0.25, -0.2) is 4.98 Å². The number of amides is 1. The van der Waals surface area contributed by atoms with E-state index in [0.717, 1.165) is 37.2 Å². The number of hydrogen-bond acceptors (Lipinski definition) is 3. The molecule has 1 aromatic carbocycles. The molecular formula is C24H27F3N4O2. The average molecular weight is 461 g/mol. The lowest BCUT2D eigenvalue weighted by Gasteiger charge is -2.28. The first-order valence-corrected chi connectivity index (χ1v) is 11.0. The summed E-state index contributed by atoms with van der Waals surface area (Å²) in [5.74, 6) is 1.37. The summed E-state index contributed by atoms with van der Waals surface area (Å²) in [5, 5.41) is 3.01. The average Bonchev–Trinajstić information content (AvgIpc) is 3.37. The predicted octanol–water partition coefficient (Wildman–Crippen LogP) is 5.33. The van der Waals surface area contributed by atoms with Gasteiger partial charge in [-0.05, 0) is 56.7 Å². The lowest BCUT2D eigenvalue weighted by molar-refractivity contribution is -0.274. The van der Waals surface area contributed by atoms with Crippen molar-refractivity contribution in [3.63, 3.8) is 0 Å². The van der Waals surface area contributed by atoms with E-state index in [-0.39, 0.29) is 11.7 Å². The Balaban J connectivity index is 1.39. The number of aryl methyl sites for hydroxylation is 2. The van der Waals surface area contributed by atoms with Gasteiger partial charge in [0, 0.05) is 43.2 Å². The van der Waals surface area contributed by atoms with Crippen LogP contribution in [0.1, 0.15) is 53.5 Å². The highest BCUT2D eigenvalue weighted by Gasteiger charge is 2.31. The molecule has 3 aromatic rings. The summed E-state index contributed by atoms with van der Waals surface area (Å²) in [6, 6.07) is 7.32. The summed E-state index contributed by atoms with van der Waals surface area (Å²) >= 11 is 0. The SMILES string of the molecule is Cc1cc(C(=O)NCC2CCC(c3nccn3C)CC2)c(-c2cccc(OC(F)(F)F)c2)[nH]1. The van der Waals surface area contributed by atoms with Crippen molar-refractivity contribution in [3.8, 4) is 17.0 Å². The van der Waals surface area contributed by atoms with Crippen molar-refractivity contribution in [2.75, 3.05) is 6.54 Å². The summed E-state index contributed by atoms with van der Waals surface area (Å²) < 4.78 is 43.9. The van der Waals surface area contributed by atoms with E-state index in [9.17, 15) is 18.0 Å². The van der Waals surface area contributed by atoms with Gasteiger partial charge in [0.1, 0.15) is 11.6 Å². The molecule has 2 heterocycles. The molecule has 1 amide bonds. The number of halogens is 3. The Labute approximate surface area is 190 Å². The second kappa shape index (κ2) is 9.33. The third-order valence-corrected chi connectivity index (χ3v) is 6.17. The van der Waals surface area contributed by atoms with Crippen molar-refractivity contribution in [1.29, 1.82) is 0 Å². The molecule has 1 fully saturated rings. The van der Waals surface area contributed by atoms with Gasteiger partial charge in [-0.2, -0.15) is 0 Å². The van der Waals surface area contributed by atoms with E-state index in [1.165, 1.54) is 18.2 Å². The maximum atomic E-state index is 12.9. The number of carbonyl (C=O) groups excluding carboxylic acids is 1. The Kier molecular flexibility index (Phi) is 6.49. The van der Waals surface area contributed by atoms with Crippen LogP contribution in [0.3, 0.4) is 0 Å². The maximum absolute atomic E-state index is 12.9. The fraction of sp³-hybridized carbons (Fsp3) is 0.417. The van der Waals surface area contributed by atoms with Crippen LogP contribution >= 0.6 is 0 Å². The molecule has 2 aromatic heterocycles. The van der Waals surface area contributed by atoms with Gasteiger partial charge in [0.25, 0.3) is 5.91 Å². The third kappa shape index (κ3) is 5.58. The molecule has 0 aliphatic heterocycles. The first-order chi connectivity index (χ1) is 15.7. The van der Waals surface area contributed by atoms with Gasteiger partial charge < -0.3 is 19.6 Å². The van der Waals surface area contributed by atoms with Crippen LogP contribution in [-0.2, 0) is 7.05 Å². The number of imidazole rings is 1. The van der Waals surface area contributed by atoms with E-state index in [1.54, 1.807) is 19.1 Å². The number of nitrogens with zero attached hydrogens (tertiary/aromatic N) is 2. The van der Waals surface area contributed by atoms with E-state index in [1.807, 2.05) is 19.4 Å². The van der Waals surface area contributed by atoms with Crippen LogP contribution in [0, 0.1) is 12.8 Å². The number of aromatic nitrogens is 3. The molecule has 1 aliphatic rings. The van der Waals surface area contributed by atoms with Crippen LogP contribution in [0.15, 0.2) is 42.7 Å². The summed E-state index contributed by atoms with van der Waals surface area (Å²) in [5.41, 5.74) is 2.06. The van der Waals surface area contributed by atoms with E-state index in [0.29, 0.717) is 35.2 Å². The molecule has 0 spiro atoms. The minimum absolute atomic E-state index is 0.247. The van der Waals surface area contributed by atoms with Gasteiger partial charge in [0.2, 0.25) is 0 Å². The number of alkyl halides is 3. The number of hydrogen-bond donors (Lipinski definition) is 2. The fourth-order valence-electron chi connectivity index (χ4n) is 4.57. The Morgan fingerprint density at radius 3 is 2.67 bits per heavy atom. The highest BCUT2D eigenvalue weighted by atomic mass is 19.4. The minimum Gasteiger partial charge on any atom is -0.406 e. The Morgan fingerprint density at radius 2 is 2.00 bits per heavy atom. The third-order valence-electron chi connectivity index (χ3n) is 6.17. The van der Waals surface area contributed by atoms with Crippen LogP contribution in [-0.4, -0.2) is 33.3 Å². The van der Waals surface area contributed by atoms with E-state index < -0.39 is 6.36 Å². The zero-order chi connectivity index (χ0) is 23.6. The van der Waals surface area contributed by atoms with Gasteiger partial charge in [-0.3, -0.25) is 4.79 Å². The van der Waals surface area contributed by atoms with Crippen LogP contribution in [0.25, 0.3) is 11.3 Å². The standard InChI is InChI=1S/C24H27F3N4O2/c1-15-12-20(21(30-15)18-4-3-5-19(13-18)33-24(25,26)27)23(32)29-14-16-6-8-17(9-7-16)22-28-10-11-31(22)2/h3-5,10-13,16-17,30H,6-9,14H2,1-2H3,(H,29,32). The molecule has 0 bridgehead atoms. The molecule has 9 heteroatoms. The first-order valence-electron chi connectivity index (χ1n) is 11.0. The van der Waals surface area contributed by atoms with Crippen molar-refractivity contribution in [1.82, 2.24) is 19.9 Å². The zero-order valence-electron chi connectivity index (χ0n) is 18.6. The monoisotopic (exact) mass is 460 g/mol. The number of carbonyl (C=O) groups is 1. The highest BCUT2D eigenvalue weighted by Crippen LogP contribution is 2.35. The lowest BCUT2D eigenvalue weighted by atomic mass is 9.81. The number of rotatable bonds is 6. The van der Waals surface area contributed by atoms with Gasteiger partial charge in [0.15, 0.2) is 0 Å². The molecule has 33 heavy (non-hydrogen) atoms. The summed E-state index contributed by atoms with van der Waals surface area (Å²) in [4.78, 5) is 20.5. The van der Waals surface area contributed by atoms with E-state index in [4.69, 9.17) is 0 Å². The highest BCUT2D eigenvalue weighted by molar-refractivity contribution is 6.00. The largest absolute Gasteiger partial charge is 0.573 e. The molecule has 1 saturated carbocycles. The molecule has 176 valence electrons. The number of H-pyrrole nitrogens is 1. The molecular weight excluding hydrogens is 433 g/mol. The number of nitrogens with one attached hydrogen (secondary N) is 2. The topological polar surface area (TPSA) is 71.9 Å². The number of benzene rings is 1. The van der Waals surface area contributed by atoms with Crippen molar-refractivity contribution in [2.45, 2.75) is 44.9 Å². The van der Waals surface area contributed by atoms with Crippen molar-refractivity contribution < 1.29 is 22.7 Å². The Bertz CT molecular complexity index is 1110. The number of aromatic amines is 1. The summed E-state index contributed by atoms with van der Waals surface area (Å²) in [6.45, 7) is 2.36. The first kappa shape index (κ1) is 22.9. The summed E-state index contributed by atoms with van der Waals surface area (Å²) in [7, 11) is 2.01. The van der Waals surface area contributed by atoms with Gasteiger partial charge in [-0.1, -0.05) is 12.1 Å². The molecule has 1 aliphatic carbocycles. The molecule has 2 N–H and O–H groups in total. The Hall–Kier alpha value is -3.23. The second-order valence-corrected chi connectivity index (χ2v) is 8.64. The molecule has 0 atom stereocenters. The van der Waals surface area contributed by atoms with Gasteiger partial charge in [0.05, 0.1) is 11.3 Å². The molecule has 0 unspecified atom stereocenters.